The molecule has 17 heavy (non-hydrogen) atoms. The number of amides is 1. The van der Waals surface area contributed by atoms with Gasteiger partial charge in [0.05, 0.1) is 18.1 Å². The second-order valence-electron chi connectivity index (χ2n) is 4.86. The number of methoxy groups -OCH3 is 1. The van der Waals surface area contributed by atoms with Gasteiger partial charge in [0.2, 0.25) is 5.91 Å². The van der Waals surface area contributed by atoms with Crippen LogP contribution < -0.4 is 0 Å². The lowest BCUT2D eigenvalue weighted by molar-refractivity contribution is -0.135. The van der Waals surface area contributed by atoms with E-state index in [1.54, 1.807) is 12.0 Å². The highest BCUT2D eigenvalue weighted by Gasteiger charge is 2.39. The molecule has 0 aromatic rings. The van der Waals surface area contributed by atoms with Crippen LogP contribution in [0.2, 0.25) is 0 Å². The highest BCUT2D eigenvalue weighted by Crippen LogP contribution is 2.32. The third-order valence-corrected chi connectivity index (χ3v) is 5.15. The van der Waals surface area contributed by atoms with Crippen LogP contribution in [0.1, 0.15) is 19.3 Å². The summed E-state index contributed by atoms with van der Waals surface area (Å²) >= 11 is 0. The third kappa shape index (κ3) is 3.19. The molecule has 1 amide bonds. The van der Waals surface area contributed by atoms with Crippen LogP contribution >= 0.6 is 0 Å². The topological polar surface area (TPSA) is 63.7 Å². The van der Waals surface area contributed by atoms with Crippen LogP contribution in [0.4, 0.5) is 0 Å². The van der Waals surface area contributed by atoms with E-state index in [1.165, 1.54) is 0 Å². The Hall–Kier alpha value is -0.620. The largest absolute Gasteiger partial charge is 0.383 e. The van der Waals surface area contributed by atoms with Crippen molar-refractivity contribution in [2.75, 3.05) is 31.8 Å². The average Bonchev–Trinajstić information content (AvgIpc) is 3.04. The first-order chi connectivity index (χ1) is 8.03. The molecule has 1 saturated carbocycles. The summed E-state index contributed by atoms with van der Waals surface area (Å²) in [5, 5.41) is 0. The van der Waals surface area contributed by atoms with Crippen molar-refractivity contribution in [3.63, 3.8) is 0 Å². The predicted molar refractivity (Wildman–Crippen MR) is 63.4 cm³/mol. The van der Waals surface area contributed by atoms with Crippen LogP contribution in [0.25, 0.3) is 0 Å². The van der Waals surface area contributed by atoms with E-state index in [2.05, 4.69) is 0 Å². The molecule has 0 spiro atoms. The van der Waals surface area contributed by atoms with Gasteiger partial charge in [-0.05, 0) is 19.3 Å². The Morgan fingerprint density at radius 3 is 2.53 bits per heavy atom. The minimum Gasteiger partial charge on any atom is -0.383 e. The Kier molecular flexibility index (Phi) is 3.73. The first-order valence-corrected chi connectivity index (χ1v) is 7.85. The number of sulfone groups is 1. The summed E-state index contributed by atoms with van der Waals surface area (Å²) in [6, 6.07) is -0.136. The normalized spacial score (nSPS) is 27.0. The van der Waals surface area contributed by atoms with Crippen molar-refractivity contribution in [2.24, 2.45) is 5.92 Å². The van der Waals surface area contributed by atoms with Crippen molar-refractivity contribution in [1.82, 2.24) is 4.90 Å². The van der Waals surface area contributed by atoms with Gasteiger partial charge >= 0.3 is 0 Å². The zero-order chi connectivity index (χ0) is 12.5. The Balaban J connectivity index is 2.01. The highest BCUT2D eigenvalue weighted by molar-refractivity contribution is 7.91. The first kappa shape index (κ1) is 12.8. The molecule has 1 atom stereocenters. The molecule has 5 nitrogen and oxygen atoms in total. The predicted octanol–water partition coefficient (Wildman–Crippen LogP) is 0.0585. The first-order valence-electron chi connectivity index (χ1n) is 6.03. The number of nitrogens with zero attached hydrogens (tertiary/aromatic N) is 1. The van der Waals surface area contributed by atoms with E-state index in [-0.39, 0.29) is 29.4 Å². The van der Waals surface area contributed by atoms with Gasteiger partial charge in [0.15, 0.2) is 9.84 Å². The van der Waals surface area contributed by atoms with E-state index in [4.69, 9.17) is 4.74 Å². The van der Waals surface area contributed by atoms with Gasteiger partial charge < -0.3 is 9.64 Å². The molecular weight excluding hydrogens is 242 g/mol. The van der Waals surface area contributed by atoms with E-state index < -0.39 is 9.84 Å². The third-order valence-electron chi connectivity index (χ3n) is 3.40. The average molecular weight is 261 g/mol. The fourth-order valence-electron chi connectivity index (χ4n) is 2.25. The van der Waals surface area contributed by atoms with Crippen molar-refractivity contribution in [3.8, 4) is 0 Å². The molecule has 1 heterocycles. The van der Waals surface area contributed by atoms with Crippen LogP contribution in [0.15, 0.2) is 0 Å². The van der Waals surface area contributed by atoms with Crippen molar-refractivity contribution < 1.29 is 17.9 Å². The van der Waals surface area contributed by atoms with Crippen molar-refractivity contribution in [3.05, 3.63) is 0 Å². The van der Waals surface area contributed by atoms with Gasteiger partial charge in [-0.2, -0.15) is 0 Å². The fraction of sp³-hybridized carbons (Fsp3) is 0.909. The lowest BCUT2D eigenvalue weighted by atomic mass is 10.2. The van der Waals surface area contributed by atoms with Gasteiger partial charge in [-0.3, -0.25) is 4.79 Å². The maximum Gasteiger partial charge on any atom is 0.226 e. The Morgan fingerprint density at radius 2 is 2.06 bits per heavy atom. The van der Waals surface area contributed by atoms with Crippen molar-refractivity contribution in [2.45, 2.75) is 25.3 Å². The van der Waals surface area contributed by atoms with Crippen LogP contribution in [0, 0.1) is 5.92 Å². The van der Waals surface area contributed by atoms with Gasteiger partial charge in [0.1, 0.15) is 0 Å². The van der Waals surface area contributed by atoms with E-state index in [1.807, 2.05) is 0 Å². The van der Waals surface area contributed by atoms with Crippen LogP contribution in [0.3, 0.4) is 0 Å². The molecular formula is C11H19NO4S. The molecule has 0 aromatic carbocycles. The maximum atomic E-state index is 12.1. The van der Waals surface area contributed by atoms with Gasteiger partial charge in [-0.1, -0.05) is 0 Å². The molecule has 1 saturated heterocycles. The molecule has 2 rings (SSSR count). The summed E-state index contributed by atoms with van der Waals surface area (Å²) in [5.74, 6) is 0.577. The van der Waals surface area contributed by atoms with E-state index in [0.29, 0.717) is 19.6 Å². The molecule has 98 valence electrons. The second kappa shape index (κ2) is 4.94. The van der Waals surface area contributed by atoms with Crippen LogP contribution in [0.5, 0.6) is 0 Å². The summed E-state index contributed by atoms with van der Waals surface area (Å²) < 4.78 is 27.9. The molecule has 6 heteroatoms. The number of hydrogen-bond acceptors (Lipinski definition) is 4. The van der Waals surface area contributed by atoms with Gasteiger partial charge in [-0.25, -0.2) is 8.42 Å². The molecule has 1 aliphatic carbocycles. The number of carbonyl (C=O) groups is 1. The zero-order valence-electron chi connectivity index (χ0n) is 10.1. The highest BCUT2D eigenvalue weighted by atomic mass is 32.2. The second-order valence-corrected chi connectivity index (χ2v) is 7.08. The standard InChI is InChI=1S/C11H19NO4S/c1-16-6-5-12(11(13)9-2-3-9)10-4-7-17(14,15)8-10/h9-10H,2-8H2,1H3. The Labute approximate surface area is 102 Å². The molecule has 2 aliphatic rings. The smallest absolute Gasteiger partial charge is 0.226 e. The monoisotopic (exact) mass is 261 g/mol. The van der Waals surface area contributed by atoms with E-state index in [0.717, 1.165) is 12.8 Å². The number of ether oxygens (including phenoxy) is 1. The van der Waals surface area contributed by atoms with Gasteiger partial charge in [0, 0.05) is 25.6 Å². The molecule has 1 unspecified atom stereocenters. The minimum absolute atomic E-state index is 0.115. The SMILES string of the molecule is COCCN(C(=O)C1CC1)C1CCS(=O)(=O)C1. The molecule has 0 bridgehead atoms. The molecule has 2 fully saturated rings. The number of hydrogen-bond donors (Lipinski definition) is 0. The summed E-state index contributed by atoms with van der Waals surface area (Å²) in [7, 11) is -1.35. The van der Waals surface area contributed by atoms with Crippen LogP contribution in [-0.2, 0) is 19.4 Å². The maximum absolute atomic E-state index is 12.1. The molecule has 0 N–H and O–H groups in total. The zero-order valence-corrected chi connectivity index (χ0v) is 10.9. The molecule has 0 aromatic heterocycles. The van der Waals surface area contributed by atoms with Crippen molar-refractivity contribution in [1.29, 1.82) is 0 Å². The number of rotatable bonds is 5. The molecule has 1 aliphatic heterocycles. The quantitative estimate of drug-likeness (QED) is 0.702. The Bertz CT molecular complexity index is 388. The number of carbonyl (C=O) groups excluding carboxylic acids is 1. The summed E-state index contributed by atoms with van der Waals surface area (Å²) in [5.41, 5.74) is 0. The van der Waals surface area contributed by atoms with Crippen molar-refractivity contribution >= 4 is 15.7 Å². The lowest BCUT2D eigenvalue weighted by Crippen LogP contribution is -2.43. The summed E-state index contributed by atoms with van der Waals surface area (Å²) in [4.78, 5) is 13.8. The van der Waals surface area contributed by atoms with E-state index in [9.17, 15) is 13.2 Å². The van der Waals surface area contributed by atoms with Gasteiger partial charge in [-0.15, -0.1) is 0 Å². The summed E-state index contributed by atoms with van der Waals surface area (Å²) in [6.07, 6.45) is 2.47. The Morgan fingerprint density at radius 1 is 1.35 bits per heavy atom. The van der Waals surface area contributed by atoms with E-state index >= 15 is 0 Å². The molecule has 0 radical (unpaired) electrons. The minimum atomic E-state index is -2.94. The lowest BCUT2D eigenvalue weighted by Gasteiger charge is -2.28. The van der Waals surface area contributed by atoms with Gasteiger partial charge in [0.25, 0.3) is 0 Å². The fourth-order valence-corrected chi connectivity index (χ4v) is 3.98. The van der Waals surface area contributed by atoms with Crippen LogP contribution in [-0.4, -0.2) is 57.0 Å². The summed E-state index contributed by atoms with van der Waals surface area (Å²) in [6.45, 7) is 0.973.